The summed E-state index contributed by atoms with van der Waals surface area (Å²) in [5.74, 6) is 0.308. The van der Waals surface area contributed by atoms with Gasteiger partial charge >= 0.3 is 0 Å². The molecule has 1 amide bonds. The van der Waals surface area contributed by atoms with Crippen molar-refractivity contribution in [3.63, 3.8) is 0 Å². The molecule has 0 spiro atoms. The van der Waals surface area contributed by atoms with Crippen molar-refractivity contribution in [1.82, 2.24) is 5.32 Å². The minimum Gasteiger partial charge on any atom is -0.381 e. The number of aryl methyl sites for hydroxylation is 2. The number of fused-ring (bicyclic) bond motifs is 1. The maximum Gasteiger partial charge on any atom is 0.223 e. The van der Waals surface area contributed by atoms with Crippen LogP contribution in [0.2, 0.25) is 0 Å². The molecule has 3 nitrogen and oxygen atoms in total. The van der Waals surface area contributed by atoms with Crippen molar-refractivity contribution in [2.24, 2.45) is 5.92 Å². The van der Waals surface area contributed by atoms with E-state index in [0.717, 1.165) is 12.8 Å². The van der Waals surface area contributed by atoms with Crippen LogP contribution in [-0.2, 0) is 22.4 Å². The van der Waals surface area contributed by atoms with Crippen LogP contribution in [0, 0.1) is 5.92 Å². The van der Waals surface area contributed by atoms with Gasteiger partial charge < -0.3 is 10.1 Å². The summed E-state index contributed by atoms with van der Waals surface area (Å²) in [4.78, 5) is 12.3. The Morgan fingerprint density at radius 2 is 1.90 bits per heavy atom. The highest BCUT2D eigenvalue weighted by Crippen LogP contribution is 2.25. The van der Waals surface area contributed by atoms with Crippen molar-refractivity contribution < 1.29 is 9.53 Å². The molecule has 0 unspecified atom stereocenters. The number of nitrogens with one attached hydrogen (secondary N) is 1. The maximum atomic E-state index is 12.3. The van der Waals surface area contributed by atoms with Crippen LogP contribution in [-0.4, -0.2) is 19.1 Å². The van der Waals surface area contributed by atoms with Crippen LogP contribution in [0.4, 0.5) is 0 Å². The molecule has 0 saturated carbocycles. The Hall–Kier alpha value is -1.35. The first-order valence-electron chi connectivity index (χ1n) is 8.24. The highest BCUT2D eigenvalue weighted by molar-refractivity contribution is 5.79. The molecule has 1 saturated heterocycles. The Labute approximate surface area is 127 Å². The quantitative estimate of drug-likeness (QED) is 0.927. The standard InChI is InChI=1S/C18H25NO2/c1-13(19-18(20)15-8-10-21-11-9-15)16-7-6-14-4-2-3-5-17(14)12-16/h6-7,12-13,15H,2-5,8-11H2,1H3,(H,19,20)/t13-/m0/s1. The van der Waals surface area contributed by atoms with Gasteiger partial charge in [0.2, 0.25) is 5.91 Å². The van der Waals surface area contributed by atoms with E-state index in [0.29, 0.717) is 13.2 Å². The lowest BCUT2D eigenvalue weighted by Crippen LogP contribution is -2.35. The molecule has 0 bridgehead atoms. The Bertz CT molecular complexity index is 506. The maximum absolute atomic E-state index is 12.3. The zero-order valence-corrected chi connectivity index (χ0v) is 12.9. The molecule has 21 heavy (non-hydrogen) atoms. The number of benzene rings is 1. The Balaban J connectivity index is 1.64. The van der Waals surface area contributed by atoms with Crippen LogP contribution in [0.3, 0.4) is 0 Å². The number of amides is 1. The van der Waals surface area contributed by atoms with Gasteiger partial charge in [-0.15, -0.1) is 0 Å². The summed E-state index contributed by atoms with van der Waals surface area (Å²) >= 11 is 0. The van der Waals surface area contributed by atoms with Gasteiger partial charge in [-0.1, -0.05) is 18.2 Å². The minimum atomic E-state index is 0.0903. The molecular formula is C18H25NO2. The largest absolute Gasteiger partial charge is 0.381 e. The van der Waals surface area contributed by atoms with E-state index in [1.54, 1.807) is 0 Å². The highest BCUT2D eigenvalue weighted by Gasteiger charge is 2.23. The number of ether oxygens (including phenoxy) is 1. The second-order valence-corrected chi connectivity index (χ2v) is 6.35. The number of hydrogen-bond acceptors (Lipinski definition) is 2. The smallest absolute Gasteiger partial charge is 0.223 e. The predicted octanol–water partition coefficient (Wildman–Crippen LogP) is 3.17. The van der Waals surface area contributed by atoms with Crippen LogP contribution in [0.1, 0.15) is 55.3 Å². The average molecular weight is 287 g/mol. The number of hydrogen-bond donors (Lipinski definition) is 1. The summed E-state index contributed by atoms with van der Waals surface area (Å²) in [6, 6.07) is 6.82. The van der Waals surface area contributed by atoms with Gasteiger partial charge in [0, 0.05) is 19.1 Å². The molecule has 3 heteroatoms. The molecule has 0 aromatic heterocycles. The van der Waals surface area contributed by atoms with Gasteiger partial charge in [0.05, 0.1) is 6.04 Å². The molecule has 1 aliphatic heterocycles. The van der Waals surface area contributed by atoms with Crippen molar-refractivity contribution >= 4 is 5.91 Å². The molecule has 0 radical (unpaired) electrons. The lowest BCUT2D eigenvalue weighted by atomic mass is 9.89. The summed E-state index contributed by atoms with van der Waals surface area (Å²) in [5, 5.41) is 3.18. The van der Waals surface area contributed by atoms with E-state index in [9.17, 15) is 4.79 Å². The lowest BCUT2D eigenvalue weighted by Gasteiger charge is -2.24. The normalized spacial score (nSPS) is 20.6. The molecule has 1 atom stereocenters. The molecule has 1 aromatic carbocycles. The molecule has 1 fully saturated rings. The van der Waals surface area contributed by atoms with E-state index in [-0.39, 0.29) is 17.9 Å². The zero-order valence-electron chi connectivity index (χ0n) is 12.9. The molecule has 114 valence electrons. The van der Waals surface area contributed by atoms with Crippen LogP contribution < -0.4 is 5.32 Å². The summed E-state index contributed by atoms with van der Waals surface area (Å²) in [6.45, 7) is 3.51. The molecule has 2 aliphatic rings. The summed E-state index contributed by atoms with van der Waals surface area (Å²) in [6.07, 6.45) is 6.69. The van der Waals surface area contributed by atoms with E-state index in [1.807, 2.05) is 0 Å². The van der Waals surface area contributed by atoms with Crippen molar-refractivity contribution in [3.05, 3.63) is 34.9 Å². The first-order valence-corrected chi connectivity index (χ1v) is 8.24. The second-order valence-electron chi connectivity index (χ2n) is 6.35. The molecule has 1 aromatic rings. The summed E-state index contributed by atoms with van der Waals surface area (Å²) in [7, 11) is 0. The van der Waals surface area contributed by atoms with Crippen molar-refractivity contribution in [1.29, 1.82) is 0 Å². The third-order valence-corrected chi connectivity index (χ3v) is 4.82. The van der Waals surface area contributed by atoms with Gasteiger partial charge in [-0.3, -0.25) is 4.79 Å². The van der Waals surface area contributed by atoms with E-state index < -0.39 is 0 Å². The predicted molar refractivity (Wildman–Crippen MR) is 83.2 cm³/mol. The van der Waals surface area contributed by atoms with E-state index in [2.05, 4.69) is 30.4 Å². The van der Waals surface area contributed by atoms with Gasteiger partial charge in [0.15, 0.2) is 0 Å². The molecular weight excluding hydrogens is 262 g/mol. The molecule has 1 heterocycles. The van der Waals surface area contributed by atoms with Crippen molar-refractivity contribution in [2.75, 3.05) is 13.2 Å². The van der Waals surface area contributed by atoms with Gasteiger partial charge in [-0.05, 0) is 62.1 Å². The van der Waals surface area contributed by atoms with E-state index in [4.69, 9.17) is 4.74 Å². The fraction of sp³-hybridized carbons (Fsp3) is 0.611. The van der Waals surface area contributed by atoms with Gasteiger partial charge in [-0.25, -0.2) is 0 Å². The van der Waals surface area contributed by atoms with Crippen molar-refractivity contribution in [2.45, 2.75) is 51.5 Å². The zero-order chi connectivity index (χ0) is 14.7. The average Bonchev–Trinajstić information content (AvgIpc) is 2.55. The van der Waals surface area contributed by atoms with Crippen molar-refractivity contribution in [3.8, 4) is 0 Å². The van der Waals surface area contributed by atoms with Crippen LogP contribution >= 0.6 is 0 Å². The van der Waals surface area contributed by atoms with Crippen LogP contribution in [0.25, 0.3) is 0 Å². The first-order chi connectivity index (χ1) is 10.2. The second kappa shape index (κ2) is 6.61. The Morgan fingerprint density at radius 1 is 1.19 bits per heavy atom. The van der Waals surface area contributed by atoms with Gasteiger partial charge in [0.1, 0.15) is 0 Å². The molecule has 1 N–H and O–H groups in total. The summed E-state index contributed by atoms with van der Waals surface area (Å²) in [5.41, 5.74) is 4.20. The highest BCUT2D eigenvalue weighted by atomic mass is 16.5. The Morgan fingerprint density at radius 3 is 2.67 bits per heavy atom. The summed E-state index contributed by atoms with van der Waals surface area (Å²) < 4.78 is 5.32. The van der Waals surface area contributed by atoms with E-state index in [1.165, 1.54) is 42.4 Å². The Kier molecular flexibility index (Phi) is 4.59. The van der Waals surface area contributed by atoms with Crippen LogP contribution in [0.5, 0.6) is 0 Å². The third kappa shape index (κ3) is 3.46. The minimum absolute atomic E-state index is 0.0903. The molecule has 1 aliphatic carbocycles. The third-order valence-electron chi connectivity index (χ3n) is 4.82. The van der Waals surface area contributed by atoms with Crippen LogP contribution in [0.15, 0.2) is 18.2 Å². The molecule has 3 rings (SSSR count). The first kappa shape index (κ1) is 14.6. The topological polar surface area (TPSA) is 38.3 Å². The lowest BCUT2D eigenvalue weighted by molar-refractivity contribution is -0.128. The number of carbonyl (C=O) groups is 1. The monoisotopic (exact) mass is 287 g/mol. The van der Waals surface area contributed by atoms with Gasteiger partial charge in [-0.2, -0.15) is 0 Å². The van der Waals surface area contributed by atoms with E-state index >= 15 is 0 Å². The number of rotatable bonds is 3. The SMILES string of the molecule is C[C@H](NC(=O)C1CCOCC1)c1ccc2c(c1)CCCC2. The fourth-order valence-corrected chi connectivity index (χ4v) is 3.40. The number of carbonyl (C=O) groups excluding carboxylic acids is 1. The van der Waals surface area contributed by atoms with Gasteiger partial charge in [0.25, 0.3) is 0 Å². The fourth-order valence-electron chi connectivity index (χ4n) is 3.40.